The van der Waals surface area contributed by atoms with Gasteiger partial charge in [0.15, 0.2) is 0 Å². The van der Waals surface area contributed by atoms with E-state index in [4.69, 9.17) is 4.74 Å². The average Bonchev–Trinajstić information content (AvgIpc) is 2.61. The van der Waals surface area contributed by atoms with Crippen LogP contribution in [0.25, 0.3) is 0 Å². The van der Waals surface area contributed by atoms with E-state index in [-0.39, 0.29) is 5.91 Å². The summed E-state index contributed by atoms with van der Waals surface area (Å²) >= 11 is 3.42. The molecule has 24 heavy (non-hydrogen) atoms. The minimum absolute atomic E-state index is 0.0785. The van der Waals surface area contributed by atoms with E-state index in [0.717, 1.165) is 22.1 Å². The predicted octanol–water partition coefficient (Wildman–Crippen LogP) is 4.36. The molecule has 2 aromatic rings. The summed E-state index contributed by atoms with van der Waals surface area (Å²) < 4.78 is 6.59. The summed E-state index contributed by atoms with van der Waals surface area (Å²) in [6.07, 6.45) is 5.46. The fraction of sp³-hybridized carbons (Fsp3) is 0.263. The highest BCUT2D eigenvalue weighted by atomic mass is 79.9. The van der Waals surface area contributed by atoms with Gasteiger partial charge >= 0.3 is 0 Å². The highest BCUT2D eigenvalue weighted by Crippen LogP contribution is 2.22. The minimum Gasteiger partial charge on any atom is -0.368 e. The van der Waals surface area contributed by atoms with Crippen molar-refractivity contribution in [3.8, 4) is 0 Å². The lowest BCUT2D eigenvalue weighted by Crippen LogP contribution is -2.39. The van der Waals surface area contributed by atoms with Gasteiger partial charge < -0.3 is 9.64 Å². The number of pyridine rings is 1. The van der Waals surface area contributed by atoms with Crippen molar-refractivity contribution in [2.24, 2.45) is 0 Å². The van der Waals surface area contributed by atoms with Crippen molar-refractivity contribution in [2.75, 3.05) is 11.5 Å². The molecule has 1 heterocycles. The molecule has 1 unspecified atom stereocenters. The number of ether oxygens (including phenoxy) is 1. The van der Waals surface area contributed by atoms with E-state index in [1.807, 2.05) is 36.4 Å². The highest BCUT2D eigenvalue weighted by Gasteiger charge is 2.22. The van der Waals surface area contributed by atoms with Crippen LogP contribution in [0.15, 0.2) is 65.9 Å². The van der Waals surface area contributed by atoms with E-state index >= 15 is 0 Å². The molecular formula is C19H21BrN2O2. The van der Waals surface area contributed by atoms with Crippen molar-refractivity contribution in [1.82, 2.24) is 4.98 Å². The van der Waals surface area contributed by atoms with E-state index in [9.17, 15) is 4.79 Å². The number of benzene rings is 1. The van der Waals surface area contributed by atoms with E-state index < -0.39 is 6.10 Å². The van der Waals surface area contributed by atoms with Gasteiger partial charge in [-0.25, -0.2) is 0 Å². The first-order chi connectivity index (χ1) is 11.6. The number of carbonyl (C=O) groups excluding carboxylic acids is 1. The molecule has 0 aliphatic rings. The molecule has 0 saturated heterocycles. The third-order valence-corrected chi connectivity index (χ3v) is 4.03. The van der Waals surface area contributed by atoms with Crippen molar-refractivity contribution >= 4 is 27.5 Å². The zero-order chi connectivity index (χ0) is 17.4. The first-order valence-corrected chi connectivity index (χ1v) is 8.59. The van der Waals surface area contributed by atoms with E-state index in [0.29, 0.717) is 13.2 Å². The van der Waals surface area contributed by atoms with Gasteiger partial charge in [-0.1, -0.05) is 28.1 Å². The molecule has 126 valence electrons. The van der Waals surface area contributed by atoms with Crippen LogP contribution in [0.1, 0.15) is 18.9 Å². The molecule has 0 radical (unpaired) electrons. The molecule has 0 fully saturated rings. The molecule has 5 heteroatoms. The lowest BCUT2D eigenvalue weighted by molar-refractivity contribution is -0.129. The lowest BCUT2D eigenvalue weighted by Gasteiger charge is -2.26. The smallest absolute Gasteiger partial charge is 0.256 e. The molecule has 1 aromatic heterocycles. The van der Waals surface area contributed by atoms with Crippen molar-refractivity contribution in [1.29, 1.82) is 0 Å². The number of hydrogen-bond acceptors (Lipinski definition) is 3. The Hall–Kier alpha value is -1.98. The largest absolute Gasteiger partial charge is 0.368 e. The number of carbonyl (C=O) groups is 1. The van der Waals surface area contributed by atoms with Crippen LogP contribution < -0.4 is 4.90 Å². The number of aromatic nitrogens is 1. The van der Waals surface area contributed by atoms with Gasteiger partial charge in [-0.05, 0) is 49.2 Å². The number of rotatable bonds is 8. The number of hydrogen-bond donors (Lipinski definition) is 0. The summed E-state index contributed by atoms with van der Waals surface area (Å²) in [6, 6.07) is 11.5. The number of nitrogens with zero attached hydrogens (tertiary/aromatic N) is 2. The van der Waals surface area contributed by atoms with Crippen molar-refractivity contribution < 1.29 is 9.53 Å². The van der Waals surface area contributed by atoms with Gasteiger partial charge in [0.1, 0.15) is 6.10 Å². The number of amides is 1. The topological polar surface area (TPSA) is 42.4 Å². The quantitative estimate of drug-likeness (QED) is 0.498. The molecule has 0 aliphatic heterocycles. The molecule has 4 nitrogen and oxygen atoms in total. The SMILES string of the molecule is C=CCCOC(C)C(=O)N(Cc1cccnc1)c1ccc(Br)cc1. The molecule has 0 bridgehead atoms. The average molecular weight is 389 g/mol. The van der Waals surface area contributed by atoms with Crippen molar-refractivity contribution in [3.63, 3.8) is 0 Å². The zero-order valence-corrected chi connectivity index (χ0v) is 15.3. The molecule has 0 aliphatic carbocycles. The molecule has 1 atom stereocenters. The van der Waals surface area contributed by atoms with Gasteiger partial charge in [0.05, 0.1) is 13.2 Å². The Balaban J connectivity index is 2.19. The Bertz CT molecular complexity index is 659. The first-order valence-electron chi connectivity index (χ1n) is 7.80. The van der Waals surface area contributed by atoms with E-state index in [2.05, 4.69) is 27.5 Å². The maximum Gasteiger partial charge on any atom is 0.256 e. The normalized spacial score (nSPS) is 11.8. The Morgan fingerprint density at radius 2 is 2.12 bits per heavy atom. The van der Waals surface area contributed by atoms with Gasteiger partial charge in [-0.3, -0.25) is 9.78 Å². The molecule has 2 rings (SSSR count). The minimum atomic E-state index is -0.523. The van der Waals surface area contributed by atoms with Crippen molar-refractivity contribution in [3.05, 3.63) is 71.5 Å². The second-order valence-corrected chi connectivity index (χ2v) is 6.27. The van der Waals surface area contributed by atoms with Crippen LogP contribution >= 0.6 is 15.9 Å². The van der Waals surface area contributed by atoms with E-state index in [1.165, 1.54) is 0 Å². The highest BCUT2D eigenvalue weighted by molar-refractivity contribution is 9.10. The first kappa shape index (κ1) is 18.4. The number of anilines is 1. The second kappa shape index (κ2) is 9.35. The molecule has 0 saturated carbocycles. The van der Waals surface area contributed by atoms with Crippen molar-refractivity contribution in [2.45, 2.75) is 26.0 Å². The summed E-state index contributed by atoms with van der Waals surface area (Å²) in [5.74, 6) is -0.0785. The Morgan fingerprint density at radius 3 is 2.75 bits per heavy atom. The van der Waals surface area contributed by atoms with Crippen LogP contribution in [0, 0.1) is 0 Å². The predicted molar refractivity (Wildman–Crippen MR) is 99.8 cm³/mol. The van der Waals surface area contributed by atoms with Crippen LogP contribution in [0.2, 0.25) is 0 Å². The van der Waals surface area contributed by atoms with Gasteiger partial charge in [0, 0.05) is 22.6 Å². The Morgan fingerprint density at radius 1 is 1.38 bits per heavy atom. The fourth-order valence-corrected chi connectivity index (χ4v) is 2.47. The summed E-state index contributed by atoms with van der Waals surface area (Å²) in [5, 5.41) is 0. The van der Waals surface area contributed by atoms with Gasteiger partial charge in [0.25, 0.3) is 5.91 Å². The second-order valence-electron chi connectivity index (χ2n) is 5.35. The Labute approximate surface area is 151 Å². The van der Waals surface area contributed by atoms with Crippen LogP contribution in [-0.4, -0.2) is 23.6 Å². The fourth-order valence-electron chi connectivity index (χ4n) is 2.21. The summed E-state index contributed by atoms with van der Waals surface area (Å²) in [4.78, 5) is 18.7. The molecule has 0 N–H and O–H groups in total. The van der Waals surface area contributed by atoms with Gasteiger partial charge in [-0.2, -0.15) is 0 Å². The van der Waals surface area contributed by atoms with Crippen LogP contribution in [-0.2, 0) is 16.1 Å². The summed E-state index contributed by atoms with van der Waals surface area (Å²) in [6.45, 7) is 6.37. The monoisotopic (exact) mass is 388 g/mol. The maximum atomic E-state index is 12.9. The van der Waals surface area contributed by atoms with Crippen LogP contribution in [0.3, 0.4) is 0 Å². The molecule has 1 aromatic carbocycles. The third-order valence-electron chi connectivity index (χ3n) is 3.51. The van der Waals surface area contributed by atoms with Crippen LogP contribution in [0.4, 0.5) is 5.69 Å². The molecule has 0 spiro atoms. The molecule has 1 amide bonds. The standard InChI is InChI=1S/C19H21BrN2O2/c1-3-4-12-24-15(2)19(23)22(14-16-6-5-11-21-13-16)18-9-7-17(20)8-10-18/h3,5-11,13,15H,1,4,12,14H2,2H3. The van der Waals surface area contributed by atoms with Crippen LogP contribution in [0.5, 0.6) is 0 Å². The summed E-state index contributed by atoms with van der Waals surface area (Å²) in [7, 11) is 0. The van der Waals surface area contributed by atoms with Gasteiger partial charge in [-0.15, -0.1) is 6.58 Å². The zero-order valence-electron chi connectivity index (χ0n) is 13.7. The number of halogens is 1. The Kier molecular flexibility index (Phi) is 7.15. The third kappa shape index (κ3) is 5.28. The maximum absolute atomic E-state index is 12.9. The summed E-state index contributed by atoms with van der Waals surface area (Å²) in [5.41, 5.74) is 1.79. The molecular weight excluding hydrogens is 368 g/mol. The van der Waals surface area contributed by atoms with E-state index in [1.54, 1.807) is 30.3 Å². The van der Waals surface area contributed by atoms with Gasteiger partial charge in [0.2, 0.25) is 0 Å². The lowest BCUT2D eigenvalue weighted by atomic mass is 10.2.